The number of ether oxygens (including phenoxy) is 4. The van der Waals surface area contributed by atoms with Gasteiger partial charge in [-0.05, 0) is 58.9 Å². The largest absolute Gasteiger partial charge is 0.494 e. The Hall–Kier alpha value is -3.04. The summed E-state index contributed by atoms with van der Waals surface area (Å²) in [4.78, 5) is 25.4. The molecule has 1 unspecified atom stereocenters. The van der Waals surface area contributed by atoms with Crippen LogP contribution in [0.1, 0.15) is 34.6 Å². The van der Waals surface area contributed by atoms with Crippen LogP contribution in [0.2, 0.25) is 5.02 Å². The molecule has 0 radical (unpaired) electrons. The first kappa shape index (κ1) is 28.2. The highest BCUT2D eigenvalue weighted by Gasteiger charge is 2.30. The first-order valence-electron chi connectivity index (χ1n) is 11.2. The van der Waals surface area contributed by atoms with Crippen molar-refractivity contribution in [2.75, 3.05) is 30.8 Å². The molecule has 0 aliphatic carbocycles. The number of azo groups is 1. The number of ketones is 1. The van der Waals surface area contributed by atoms with Crippen LogP contribution < -0.4 is 23.4 Å². The smallest absolute Gasteiger partial charge is 0.276 e. The lowest BCUT2D eigenvalue weighted by molar-refractivity contribution is -0.126. The van der Waals surface area contributed by atoms with Gasteiger partial charge in [0.15, 0.2) is 17.3 Å². The van der Waals surface area contributed by atoms with Gasteiger partial charge in [-0.2, -0.15) is 10.2 Å². The number of Topliss-reactive ketones (excluding diaryl/α,β-unsaturated/α-hetero) is 1. The summed E-state index contributed by atoms with van der Waals surface area (Å²) < 4.78 is 23.0. The van der Waals surface area contributed by atoms with Crippen molar-refractivity contribution >= 4 is 46.4 Å². The molecule has 35 heavy (non-hydrogen) atoms. The monoisotopic (exact) mass is 525 g/mol. The van der Waals surface area contributed by atoms with Crippen molar-refractivity contribution < 1.29 is 28.5 Å². The number of carbonyl (C=O) groups excluding carboxylic acids is 2. The molecule has 11 heteroatoms. The minimum Gasteiger partial charge on any atom is -0.494 e. The van der Waals surface area contributed by atoms with E-state index in [1.54, 1.807) is 44.2 Å². The summed E-state index contributed by atoms with van der Waals surface area (Å²) in [5, 5.41) is 8.14. The van der Waals surface area contributed by atoms with Crippen LogP contribution in [0.4, 0.5) is 11.4 Å². The molecule has 1 atom stereocenters. The molecule has 9 nitrogen and oxygen atoms in total. The summed E-state index contributed by atoms with van der Waals surface area (Å²) in [6.07, 6.45) is 0. The van der Waals surface area contributed by atoms with Crippen molar-refractivity contribution in [2.45, 2.75) is 40.7 Å². The number of amides is 1. The lowest BCUT2D eigenvalue weighted by Crippen LogP contribution is -2.36. The molecule has 0 aliphatic heterocycles. The van der Waals surface area contributed by atoms with Crippen LogP contribution >= 0.6 is 23.4 Å². The van der Waals surface area contributed by atoms with Gasteiger partial charge < -0.3 is 18.9 Å². The molecule has 2 rings (SSSR count). The zero-order valence-corrected chi connectivity index (χ0v) is 21.9. The molecular formula is C24H29Cl2N3O6. The minimum atomic E-state index is -1.51. The number of rotatable bonds is 13. The second-order valence-corrected chi connectivity index (χ2v) is 7.65. The van der Waals surface area contributed by atoms with Crippen LogP contribution in [0.3, 0.4) is 0 Å². The third-order valence-electron chi connectivity index (χ3n) is 4.48. The number of benzene rings is 2. The van der Waals surface area contributed by atoms with Crippen molar-refractivity contribution in [1.29, 1.82) is 0 Å². The summed E-state index contributed by atoms with van der Waals surface area (Å²) in [5.74, 6) is 0.254. The van der Waals surface area contributed by atoms with Crippen LogP contribution in [0.5, 0.6) is 23.0 Å². The molecule has 0 bridgehead atoms. The molecule has 0 saturated carbocycles. The average Bonchev–Trinajstić information content (AvgIpc) is 2.82. The Morgan fingerprint density at radius 2 is 1.54 bits per heavy atom. The van der Waals surface area contributed by atoms with Crippen LogP contribution in [0.15, 0.2) is 40.6 Å². The fraction of sp³-hybridized carbons (Fsp3) is 0.417. The van der Waals surface area contributed by atoms with Gasteiger partial charge in [0, 0.05) is 17.8 Å². The van der Waals surface area contributed by atoms with E-state index >= 15 is 0 Å². The van der Waals surface area contributed by atoms with Crippen LogP contribution in [0, 0.1) is 0 Å². The summed E-state index contributed by atoms with van der Waals surface area (Å²) >= 11 is 12.8. The number of nitrogens with zero attached hydrogens (tertiary/aromatic N) is 3. The summed E-state index contributed by atoms with van der Waals surface area (Å²) in [5.41, 5.74) is 0.441. The van der Waals surface area contributed by atoms with E-state index in [0.717, 1.165) is 4.42 Å². The number of carbonyl (C=O) groups is 2. The van der Waals surface area contributed by atoms with E-state index in [1.165, 1.54) is 6.92 Å². The lowest BCUT2D eigenvalue weighted by Gasteiger charge is -2.20. The maximum atomic E-state index is 13.1. The van der Waals surface area contributed by atoms with E-state index in [1.807, 2.05) is 13.8 Å². The molecule has 1 amide bonds. The highest BCUT2D eigenvalue weighted by Crippen LogP contribution is 2.42. The molecular weight excluding hydrogens is 497 g/mol. The first-order chi connectivity index (χ1) is 16.8. The van der Waals surface area contributed by atoms with Gasteiger partial charge in [0.1, 0.15) is 27.9 Å². The van der Waals surface area contributed by atoms with E-state index in [0.29, 0.717) is 49.4 Å². The predicted molar refractivity (Wildman–Crippen MR) is 135 cm³/mol. The Kier molecular flexibility index (Phi) is 11.1. The molecule has 2 aromatic carbocycles. The van der Waals surface area contributed by atoms with Crippen molar-refractivity contribution in [1.82, 2.24) is 0 Å². The molecule has 0 fully saturated rings. The fourth-order valence-corrected chi connectivity index (χ4v) is 3.47. The van der Waals surface area contributed by atoms with Crippen LogP contribution in [-0.2, 0) is 9.59 Å². The zero-order valence-electron chi connectivity index (χ0n) is 20.3. The minimum absolute atomic E-state index is 0.143. The third-order valence-corrected chi connectivity index (χ3v) is 5.19. The van der Waals surface area contributed by atoms with Gasteiger partial charge in [-0.1, -0.05) is 11.6 Å². The fourth-order valence-electron chi connectivity index (χ4n) is 2.99. The number of halogens is 2. The molecule has 2 aromatic rings. The second-order valence-electron chi connectivity index (χ2n) is 6.94. The van der Waals surface area contributed by atoms with Gasteiger partial charge in [0.25, 0.3) is 5.91 Å². The SMILES string of the molecule is CCOc1ccc(N(Cl)C(=O)C(N=Nc2ccc(OCC)c(OCC)c2Cl)C(C)=O)c(OCC)c1. The molecule has 0 heterocycles. The van der Waals surface area contributed by atoms with Crippen molar-refractivity contribution in [2.24, 2.45) is 10.2 Å². The Balaban J connectivity index is 2.37. The normalized spacial score (nSPS) is 11.7. The van der Waals surface area contributed by atoms with E-state index in [2.05, 4.69) is 10.2 Å². The van der Waals surface area contributed by atoms with Crippen molar-refractivity contribution in [3.8, 4) is 23.0 Å². The molecule has 0 aliphatic rings. The van der Waals surface area contributed by atoms with E-state index in [-0.39, 0.29) is 16.4 Å². The molecule has 0 saturated heterocycles. The van der Waals surface area contributed by atoms with Crippen LogP contribution in [-0.4, -0.2) is 44.2 Å². The van der Waals surface area contributed by atoms with Crippen LogP contribution in [0.25, 0.3) is 0 Å². The maximum Gasteiger partial charge on any atom is 0.276 e. The first-order valence-corrected chi connectivity index (χ1v) is 11.9. The number of anilines is 1. The standard InChI is InChI=1S/C24H29Cl2N3O6/c1-6-32-16-10-12-18(20(14-16)34-8-3)29(26)24(31)22(15(5)30)28-27-17-11-13-19(33-7-2)23(21(17)25)35-9-4/h10-14,22H,6-9H2,1-5H3. The highest BCUT2D eigenvalue weighted by atomic mass is 35.5. The maximum absolute atomic E-state index is 13.1. The van der Waals surface area contributed by atoms with E-state index in [9.17, 15) is 9.59 Å². The molecule has 0 spiro atoms. The van der Waals surface area contributed by atoms with E-state index < -0.39 is 17.7 Å². The van der Waals surface area contributed by atoms with Gasteiger partial charge in [-0.15, -0.1) is 0 Å². The van der Waals surface area contributed by atoms with E-state index in [4.69, 9.17) is 42.3 Å². The molecule has 190 valence electrons. The summed E-state index contributed by atoms with van der Waals surface area (Å²) in [7, 11) is 0. The van der Waals surface area contributed by atoms with Gasteiger partial charge in [0.05, 0.1) is 26.4 Å². The lowest BCUT2D eigenvalue weighted by atomic mass is 10.2. The van der Waals surface area contributed by atoms with Crippen molar-refractivity contribution in [3.05, 3.63) is 35.4 Å². The Morgan fingerprint density at radius 1 is 0.914 bits per heavy atom. The Labute approximate surface area is 215 Å². The number of hydrogen-bond acceptors (Lipinski definition) is 8. The highest BCUT2D eigenvalue weighted by molar-refractivity contribution is 6.39. The number of hydrogen-bond donors (Lipinski definition) is 0. The topological polar surface area (TPSA) is 99.0 Å². The molecule has 0 aromatic heterocycles. The second kappa shape index (κ2) is 13.7. The van der Waals surface area contributed by atoms with Gasteiger partial charge >= 0.3 is 0 Å². The molecule has 0 N–H and O–H groups in total. The van der Waals surface area contributed by atoms with Gasteiger partial charge in [-0.3, -0.25) is 9.59 Å². The predicted octanol–water partition coefficient (Wildman–Crippen LogP) is 6.16. The quantitative estimate of drug-likeness (QED) is 0.176. The summed E-state index contributed by atoms with van der Waals surface area (Å²) in [6, 6.07) is 6.49. The van der Waals surface area contributed by atoms with Gasteiger partial charge in [0.2, 0.25) is 6.04 Å². The zero-order chi connectivity index (χ0) is 26.0. The van der Waals surface area contributed by atoms with Gasteiger partial charge in [-0.25, -0.2) is 4.42 Å². The van der Waals surface area contributed by atoms with Crippen molar-refractivity contribution in [3.63, 3.8) is 0 Å². The Morgan fingerprint density at radius 3 is 2.14 bits per heavy atom. The summed E-state index contributed by atoms with van der Waals surface area (Å²) in [6.45, 7) is 10.1. The third kappa shape index (κ3) is 7.22. The Bertz CT molecular complexity index is 1060. The average molecular weight is 526 g/mol.